The molecule has 3 aliphatic carbocycles. The molecule has 8 aromatic carbocycles. The first kappa shape index (κ1) is 12.0. The molecule has 0 fully saturated rings. The molecule has 0 bridgehead atoms. The van der Waals surface area contributed by atoms with E-state index in [2.05, 4.69) is 0 Å². The van der Waals surface area contributed by atoms with Crippen molar-refractivity contribution in [3.05, 3.63) is 220 Å². The molecule has 54 heavy (non-hydrogen) atoms. The molecule has 0 unspecified atom stereocenters. The van der Waals surface area contributed by atoms with Gasteiger partial charge in [-0.3, -0.25) is 0 Å². The maximum atomic E-state index is 10.1. The van der Waals surface area contributed by atoms with Gasteiger partial charge in [-0.2, -0.15) is 0 Å². The van der Waals surface area contributed by atoms with E-state index in [-0.39, 0.29) is 5.56 Å². The minimum atomic E-state index is -3.93. The molecule has 0 saturated carbocycles. The number of nitrogens with zero attached hydrogens (tertiary/aromatic N) is 1. The summed E-state index contributed by atoms with van der Waals surface area (Å²) in [6, 6.07) is -31.6. The topological polar surface area (TPSA) is 3.24 Å². The molecule has 0 heterocycles. The lowest BCUT2D eigenvalue weighted by atomic mass is 9.70. The summed E-state index contributed by atoms with van der Waals surface area (Å²) in [6.45, 7) is -6.69. The highest BCUT2D eigenvalue weighted by Crippen LogP contribution is 2.64. The summed E-state index contributed by atoms with van der Waals surface area (Å²) < 4.78 is 325. The molecule has 1 spiro atoms. The van der Waals surface area contributed by atoms with Gasteiger partial charge in [0, 0.05) is 30.6 Å². The van der Waals surface area contributed by atoms with Gasteiger partial charge >= 0.3 is 0 Å². The molecule has 3 aliphatic rings. The van der Waals surface area contributed by atoms with Crippen molar-refractivity contribution < 1.29 is 48.0 Å². The van der Waals surface area contributed by atoms with Gasteiger partial charge in [0.25, 0.3) is 0 Å². The summed E-state index contributed by atoms with van der Waals surface area (Å²) >= 11 is 0. The zero-order valence-corrected chi connectivity index (χ0v) is 27.5. The summed E-state index contributed by atoms with van der Waals surface area (Å²) in [6.07, 6.45) is 0. The maximum absolute atomic E-state index is 10.1. The van der Waals surface area contributed by atoms with Gasteiger partial charge in [-0.05, 0) is 109 Å². The monoisotopic (exact) mass is 725 g/mol. The molecule has 11 rings (SSSR count). The number of anilines is 3. The van der Waals surface area contributed by atoms with E-state index in [1.807, 2.05) is 0 Å². The van der Waals surface area contributed by atoms with E-state index in [1.165, 1.54) is 6.92 Å². The van der Waals surface area contributed by atoms with Crippen LogP contribution in [0.3, 0.4) is 0 Å². The minimum absolute atomic E-state index is 0.319. The second kappa shape index (κ2) is 11.3. The van der Waals surface area contributed by atoms with E-state index in [9.17, 15) is 23.3 Å². The van der Waals surface area contributed by atoms with Crippen LogP contribution >= 0.6 is 0 Å². The fourth-order valence-electron chi connectivity index (χ4n) is 7.61. The summed E-state index contributed by atoms with van der Waals surface area (Å²) in [7, 11) is 0. The van der Waals surface area contributed by atoms with Crippen molar-refractivity contribution in [1.29, 1.82) is 0 Å². The smallest absolute Gasteiger partial charge is 0.0726 e. The Morgan fingerprint density at radius 1 is 0.444 bits per heavy atom. The molecule has 0 radical (unpaired) electrons. The van der Waals surface area contributed by atoms with Gasteiger partial charge in [-0.15, -0.1) is 0 Å². The summed E-state index contributed by atoms with van der Waals surface area (Å²) in [4.78, 5) is 0.366. The Morgan fingerprint density at radius 3 is 1.72 bits per heavy atom. The number of rotatable bonds is 4. The van der Waals surface area contributed by atoms with Crippen LogP contribution in [0.25, 0.3) is 44.5 Å². The SMILES string of the molecule is [2H]c1c(N(c2c([2H])c([2H])c(-c3c([2H])c([2H])c([2H])c([2H])c3[2H])c([2H])c2[2H])c2c([2H])c([2H])c([2H])c3c2-c2c([2H])c([2H])c([2H])c([2H])c2C32c3c([2H])c([2H])c([2H])c([2H])c3-c3c([2H])c([2H])c([2H])c([2H])c32)cc2c(c1[2H])-c1c([2H])c(C)c([2H])c([2H])c1C2(C([2H])([2H])[2H])C([2H])([2H])[2H]. The van der Waals surface area contributed by atoms with E-state index in [0.29, 0.717) is 11.0 Å². The van der Waals surface area contributed by atoms with E-state index in [1.54, 1.807) is 0 Å². The van der Waals surface area contributed by atoms with Gasteiger partial charge < -0.3 is 4.90 Å². The number of hydrogen-bond acceptors (Lipinski definition) is 1. The summed E-state index contributed by atoms with van der Waals surface area (Å²) in [5, 5.41) is 0. The Hall–Kier alpha value is -6.44. The van der Waals surface area contributed by atoms with Crippen molar-refractivity contribution in [1.82, 2.24) is 0 Å². The first-order valence-electron chi connectivity index (χ1n) is 33.7. The third-order valence-corrected chi connectivity index (χ3v) is 9.80. The van der Waals surface area contributed by atoms with E-state index < -0.39 is 295 Å². The average Bonchev–Trinajstić information content (AvgIpc) is 1.49. The highest BCUT2D eigenvalue weighted by molar-refractivity contribution is 6.01. The van der Waals surface area contributed by atoms with Crippen LogP contribution in [0.2, 0.25) is 0 Å². The van der Waals surface area contributed by atoms with Crippen molar-refractivity contribution >= 4 is 17.1 Å². The van der Waals surface area contributed by atoms with Gasteiger partial charge in [0.1, 0.15) is 0 Å². The standard InChI is InChI=1S/C53H39N/c1-34-24-31-44-43(32-34)41-30-29-38(33-49(41)52(44,2)3)54(37-27-25-36(26-28-37)35-14-5-4-6-15-35)50-23-13-22-48-51(50)42-18-9-12-21-47(42)53(48)45-19-10-7-16-39(45)40-17-8-11-20-46(40)53/h4-33H,1-3H3/i2D3,3D3,4D,5D,6D,7D,8D,9D,10D,11D,12D,13D,14D,15D,16D,17D,18D,19D,20D,21D,22D,23D,24D,25D,26D,27D,28D,29D,30D,31D,32D. The Labute approximate surface area is 367 Å². The number of benzene rings is 8. The molecule has 256 valence electrons. The van der Waals surface area contributed by atoms with Crippen molar-refractivity contribution in [2.45, 2.75) is 31.5 Å². The number of fused-ring (bicyclic) bond motifs is 13. The molecule has 0 atom stereocenters. The maximum Gasteiger partial charge on any atom is 0.0726 e. The van der Waals surface area contributed by atoms with Gasteiger partial charge in [0.2, 0.25) is 0 Å². The van der Waals surface area contributed by atoms with Crippen LogP contribution in [0.5, 0.6) is 0 Å². The predicted molar refractivity (Wildman–Crippen MR) is 225 cm³/mol. The molecule has 8 aromatic rings. The van der Waals surface area contributed by atoms with Crippen molar-refractivity contribution in [2.75, 3.05) is 4.90 Å². The van der Waals surface area contributed by atoms with Gasteiger partial charge in [0.05, 0.1) is 50.9 Å². The molecule has 0 saturated heterocycles. The molecule has 1 heteroatoms. The van der Waals surface area contributed by atoms with Crippen LogP contribution < -0.4 is 4.90 Å². The van der Waals surface area contributed by atoms with Crippen molar-refractivity contribution in [2.24, 2.45) is 0 Å². The molecular formula is C53H39N. The van der Waals surface area contributed by atoms with E-state index in [4.69, 9.17) is 24.7 Å². The first-order chi connectivity index (χ1) is 41.0. The van der Waals surface area contributed by atoms with E-state index in [0.717, 1.165) is 0 Å². The van der Waals surface area contributed by atoms with Gasteiger partial charge in [0.15, 0.2) is 0 Å². The molecule has 0 N–H and O–H groups in total. The van der Waals surface area contributed by atoms with Crippen LogP contribution in [-0.4, -0.2) is 0 Å². The lowest BCUT2D eigenvalue weighted by molar-refractivity contribution is 0.660. The Morgan fingerprint density at radius 2 is 1.02 bits per heavy atom. The molecule has 0 amide bonds. The van der Waals surface area contributed by atoms with E-state index >= 15 is 0 Å². The normalized spacial score (nSPS) is 24.1. The average molecular weight is 725 g/mol. The molecule has 1 nitrogen and oxygen atoms in total. The Balaban J connectivity index is 1.46. The van der Waals surface area contributed by atoms with Crippen LogP contribution in [0.4, 0.5) is 17.1 Å². The highest BCUT2D eigenvalue weighted by Gasteiger charge is 2.52. The predicted octanol–water partition coefficient (Wildman–Crippen LogP) is 13.8. The lowest BCUT2D eigenvalue weighted by Crippen LogP contribution is -2.26. The third kappa shape index (κ3) is 4.10. The van der Waals surface area contributed by atoms with Crippen LogP contribution in [0, 0.1) is 6.92 Å². The Kier molecular flexibility index (Phi) is 2.51. The van der Waals surface area contributed by atoms with Crippen molar-refractivity contribution in [3.8, 4) is 44.5 Å². The summed E-state index contributed by atoms with van der Waals surface area (Å²) in [5.41, 5.74) is -22.7. The second-order valence-electron chi connectivity index (χ2n) is 12.6. The second-order valence-corrected chi connectivity index (χ2v) is 12.6. The minimum Gasteiger partial charge on any atom is -0.310 e. The zero-order valence-electron chi connectivity index (χ0n) is 62.5. The van der Waals surface area contributed by atoms with Crippen molar-refractivity contribution in [3.63, 3.8) is 0 Å². The molecule has 0 aliphatic heterocycles. The largest absolute Gasteiger partial charge is 0.310 e. The zero-order chi connectivity index (χ0) is 66.4. The van der Waals surface area contributed by atoms with Crippen LogP contribution in [0.15, 0.2) is 181 Å². The quantitative estimate of drug-likeness (QED) is 0.175. The highest BCUT2D eigenvalue weighted by atomic mass is 15.1. The first-order valence-corrected chi connectivity index (χ1v) is 16.2. The fraction of sp³-hybridized carbons (Fsp3) is 0.0943. The van der Waals surface area contributed by atoms with Crippen LogP contribution in [-0.2, 0) is 10.8 Å². The van der Waals surface area contributed by atoms with Crippen LogP contribution in [0.1, 0.15) is 101 Å². The summed E-state index contributed by atoms with van der Waals surface area (Å²) in [5.74, 6) is 0. The fourth-order valence-corrected chi connectivity index (χ4v) is 7.61. The Bertz CT molecular complexity index is 4570. The molecule has 0 aromatic heterocycles. The van der Waals surface area contributed by atoms with Gasteiger partial charge in [-0.25, -0.2) is 0 Å². The van der Waals surface area contributed by atoms with Gasteiger partial charge in [-0.1, -0.05) is 170 Å². The third-order valence-electron chi connectivity index (χ3n) is 9.80. The molecular weight excluding hydrogens is 651 g/mol. The lowest BCUT2D eigenvalue weighted by Gasteiger charge is -2.32. The number of hydrogen-bond donors (Lipinski definition) is 0.